The Labute approximate surface area is 206 Å². The Morgan fingerprint density at radius 1 is 0.971 bits per heavy atom. The second-order valence-corrected chi connectivity index (χ2v) is 8.77. The van der Waals surface area contributed by atoms with Crippen LogP contribution in [0.2, 0.25) is 0 Å². The van der Waals surface area contributed by atoms with E-state index in [0.717, 1.165) is 27.7 Å². The first-order valence-electron chi connectivity index (χ1n) is 10.9. The topological polar surface area (TPSA) is 114 Å². The average Bonchev–Trinajstić information content (AvgIpc) is 3.41. The summed E-state index contributed by atoms with van der Waals surface area (Å²) in [5, 5.41) is 8.26. The molecule has 180 valence electrons. The van der Waals surface area contributed by atoms with E-state index in [1.807, 2.05) is 41.8 Å². The van der Waals surface area contributed by atoms with E-state index < -0.39 is 0 Å². The van der Waals surface area contributed by atoms with Gasteiger partial charge in [0.25, 0.3) is 11.8 Å². The van der Waals surface area contributed by atoms with Gasteiger partial charge in [0.05, 0.1) is 12.8 Å². The molecule has 0 bridgehead atoms. The maximum atomic E-state index is 12.7. The standard InChI is InChI=1S/C25H25N5O4S/c1-15-22(35-25-29-21(14-30(15)25)17-6-10-20(34-3)11-7-17)24(33)27-13-12-26-23(32)18-4-8-19(9-5-18)28-16(2)31/h4-11,14H,12-13H2,1-3H3,(H,26,32)(H,27,33)(H,28,31). The normalized spacial score (nSPS) is 10.7. The summed E-state index contributed by atoms with van der Waals surface area (Å²) in [5.74, 6) is 0.134. The molecule has 9 nitrogen and oxygen atoms in total. The Balaban J connectivity index is 1.31. The number of aryl methyl sites for hydroxylation is 1. The van der Waals surface area contributed by atoms with E-state index in [4.69, 9.17) is 4.74 Å². The lowest BCUT2D eigenvalue weighted by atomic mass is 10.2. The minimum Gasteiger partial charge on any atom is -0.497 e. The fourth-order valence-electron chi connectivity index (χ4n) is 3.50. The maximum absolute atomic E-state index is 12.7. The second kappa shape index (κ2) is 10.4. The van der Waals surface area contributed by atoms with Crippen molar-refractivity contribution in [2.75, 3.05) is 25.5 Å². The molecule has 10 heteroatoms. The fourth-order valence-corrected chi connectivity index (χ4v) is 4.53. The first-order chi connectivity index (χ1) is 16.9. The number of nitrogens with zero attached hydrogens (tertiary/aromatic N) is 2. The zero-order valence-corrected chi connectivity index (χ0v) is 20.4. The van der Waals surface area contributed by atoms with Crippen LogP contribution in [0.5, 0.6) is 5.75 Å². The third-order valence-corrected chi connectivity index (χ3v) is 6.47. The van der Waals surface area contributed by atoms with Crippen molar-refractivity contribution >= 4 is 39.7 Å². The summed E-state index contributed by atoms with van der Waals surface area (Å²) in [6, 6.07) is 14.2. The molecule has 0 atom stereocenters. The van der Waals surface area contributed by atoms with Crippen LogP contribution in [0.3, 0.4) is 0 Å². The minimum absolute atomic E-state index is 0.176. The first kappa shape index (κ1) is 24.0. The van der Waals surface area contributed by atoms with Gasteiger partial charge in [0.15, 0.2) is 4.96 Å². The van der Waals surface area contributed by atoms with Crippen LogP contribution in [-0.2, 0) is 4.79 Å². The molecule has 0 aliphatic rings. The first-order valence-corrected chi connectivity index (χ1v) is 11.7. The van der Waals surface area contributed by atoms with E-state index in [0.29, 0.717) is 16.1 Å². The molecule has 0 saturated heterocycles. The number of rotatable bonds is 8. The molecule has 0 saturated carbocycles. The van der Waals surface area contributed by atoms with Crippen molar-refractivity contribution in [2.24, 2.45) is 0 Å². The molecule has 0 spiro atoms. The summed E-state index contributed by atoms with van der Waals surface area (Å²) in [5.41, 5.74) is 3.68. The second-order valence-electron chi connectivity index (χ2n) is 7.79. The summed E-state index contributed by atoms with van der Waals surface area (Å²) in [7, 11) is 1.63. The molecular weight excluding hydrogens is 466 g/mol. The van der Waals surface area contributed by atoms with Gasteiger partial charge in [0.2, 0.25) is 5.91 Å². The van der Waals surface area contributed by atoms with Gasteiger partial charge in [-0.2, -0.15) is 0 Å². The molecule has 2 aromatic heterocycles. The molecule has 4 aromatic rings. The van der Waals surface area contributed by atoms with E-state index in [1.165, 1.54) is 18.3 Å². The Bertz CT molecular complexity index is 1370. The van der Waals surface area contributed by atoms with E-state index in [2.05, 4.69) is 20.9 Å². The van der Waals surface area contributed by atoms with E-state index in [1.54, 1.807) is 31.4 Å². The van der Waals surface area contributed by atoms with Crippen LogP contribution < -0.4 is 20.7 Å². The zero-order valence-electron chi connectivity index (χ0n) is 19.5. The number of ether oxygens (including phenoxy) is 1. The molecule has 2 aromatic carbocycles. The number of carbonyl (C=O) groups excluding carboxylic acids is 3. The van der Waals surface area contributed by atoms with Crippen LogP contribution in [0, 0.1) is 6.92 Å². The number of benzene rings is 2. The minimum atomic E-state index is -0.259. The highest BCUT2D eigenvalue weighted by Crippen LogP contribution is 2.28. The largest absolute Gasteiger partial charge is 0.497 e. The average molecular weight is 492 g/mol. The van der Waals surface area contributed by atoms with Crippen molar-refractivity contribution < 1.29 is 19.1 Å². The number of fused-ring (bicyclic) bond motifs is 1. The summed E-state index contributed by atoms with van der Waals surface area (Å²) in [4.78, 5) is 42.0. The predicted molar refractivity (Wildman–Crippen MR) is 135 cm³/mol. The van der Waals surface area contributed by atoms with Crippen LogP contribution >= 0.6 is 11.3 Å². The number of methoxy groups -OCH3 is 1. The van der Waals surface area contributed by atoms with Crippen molar-refractivity contribution in [3.8, 4) is 17.0 Å². The number of thiazole rings is 1. The summed E-state index contributed by atoms with van der Waals surface area (Å²) >= 11 is 1.32. The molecule has 3 N–H and O–H groups in total. The molecule has 0 aliphatic carbocycles. The van der Waals surface area contributed by atoms with E-state index in [9.17, 15) is 14.4 Å². The Kier molecular flexibility index (Phi) is 7.11. The van der Waals surface area contributed by atoms with Gasteiger partial charge in [0, 0.05) is 48.7 Å². The number of imidazole rings is 1. The molecule has 0 aliphatic heterocycles. The Hall–Kier alpha value is -4.18. The van der Waals surface area contributed by atoms with Crippen molar-refractivity contribution in [2.45, 2.75) is 13.8 Å². The Morgan fingerprint density at radius 2 is 1.63 bits per heavy atom. The third-order valence-electron chi connectivity index (χ3n) is 5.31. The molecular formula is C25H25N5O4S. The number of hydrogen-bond donors (Lipinski definition) is 3. The highest BCUT2D eigenvalue weighted by molar-refractivity contribution is 7.19. The van der Waals surface area contributed by atoms with Gasteiger partial charge in [-0.05, 0) is 55.5 Å². The highest BCUT2D eigenvalue weighted by Gasteiger charge is 2.18. The lowest BCUT2D eigenvalue weighted by Crippen LogP contribution is -2.34. The zero-order chi connectivity index (χ0) is 24.9. The molecule has 3 amide bonds. The fraction of sp³-hybridized carbons (Fsp3) is 0.200. The van der Waals surface area contributed by atoms with Gasteiger partial charge >= 0.3 is 0 Å². The number of aromatic nitrogens is 2. The lowest BCUT2D eigenvalue weighted by Gasteiger charge is -2.08. The lowest BCUT2D eigenvalue weighted by molar-refractivity contribution is -0.114. The van der Waals surface area contributed by atoms with Gasteiger partial charge in [-0.25, -0.2) is 4.98 Å². The van der Waals surface area contributed by atoms with Crippen LogP contribution in [-0.4, -0.2) is 47.3 Å². The molecule has 4 rings (SSSR count). The number of amides is 3. The van der Waals surface area contributed by atoms with Gasteiger partial charge in [0.1, 0.15) is 10.6 Å². The van der Waals surface area contributed by atoms with Crippen LogP contribution in [0.4, 0.5) is 5.69 Å². The van der Waals surface area contributed by atoms with E-state index >= 15 is 0 Å². The van der Waals surface area contributed by atoms with Crippen molar-refractivity contribution in [3.05, 3.63) is 70.9 Å². The van der Waals surface area contributed by atoms with Crippen LogP contribution in [0.25, 0.3) is 16.2 Å². The van der Waals surface area contributed by atoms with Gasteiger partial charge in [-0.3, -0.25) is 18.8 Å². The maximum Gasteiger partial charge on any atom is 0.263 e. The summed E-state index contributed by atoms with van der Waals surface area (Å²) in [6.07, 6.45) is 1.91. The van der Waals surface area contributed by atoms with Crippen molar-refractivity contribution in [1.29, 1.82) is 0 Å². The molecule has 0 radical (unpaired) electrons. The Morgan fingerprint density at radius 3 is 2.23 bits per heavy atom. The quantitative estimate of drug-likeness (QED) is 0.327. The summed E-state index contributed by atoms with van der Waals surface area (Å²) in [6.45, 7) is 3.86. The molecule has 35 heavy (non-hydrogen) atoms. The molecule has 0 unspecified atom stereocenters. The van der Waals surface area contributed by atoms with Gasteiger partial charge < -0.3 is 20.7 Å². The SMILES string of the molecule is COc1ccc(-c2cn3c(C)c(C(=O)NCCNC(=O)c4ccc(NC(C)=O)cc4)sc3n2)cc1. The third kappa shape index (κ3) is 5.49. The smallest absolute Gasteiger partial charge is 0.263 e. The van der Waals surface area contributed by atoms with E-state index in [-0.39, 0.29) is 30.8 Å². The van der Waals surface area contributed by atoms with Crippen molar-refractivity contribution in [3.63, 3.8) is 0 Å². The molecule has 2 heterocycles. The monoisotopic (exact) mass is 491 g/mol. The van der Waals surface area contributed by atoms with Crippen molar-refractivity contribution in [1.82, 2.24) is 20.0 Å². The number of hydrogen-bond acceptors (Lipinski definition) is 6. The van der Waals surface area contributed by atoms with Crippen LogP contribution in [0.1, 0.15) is 32.6 Å². The van der Waals surface area contributed by atoms with Gasteiger partial charge in [-0.15, -0.1) is 0 Å². The number of nitrogens with one attached hydrogen (secondary N) is 3. The predicted octanol–water partition coefficient (Wildman–Crippen LogP) is 3.50. The van der Waals surface area contributed by atoms with Gasteiger partial charge in [-0.1, -0.05) is 11.3 Å². The number of anilines is 1. The van der Waals surface area contributed by atoms with Crippen LogP contribution in [0.15, 0.2) is 54.7 Å². The molecule has 0 fully saturated rings. The summed E-state index contributed by atoms with van der Waals surface area (Å²) < 4.78 is 7.11. The number of carbonyl (C=O) groups is 3. The highest BCUT2D eigenvalue weighted by atomic mass is 32.1.